The Labute approximate surface area is 79.1 Å². The molecule has 4 atom stereocenters. The first-order valence-electron chi connectivity index (χ1n) is 4.72. The first kappa shape index (κ1) is 8.83. The molecule has 0 aromatic heterocycles. The minimum atomic E-state index is -0.628. The Morgan fingerprint density at radius 3 is 2.33 bits per heavy atom. The minimum absolute atomic E-state index is 0.0412. The van der Waals surface area contributed by atoms with Gasteiger partial charge in [-0.1, -0.05) is 13.8 Å². The van der Waals surface area contributed by atoms with Crippen molar-refractivity contribution >= 4 is 11.6 Å². The molecule has 70 valence electrons. The van der Waals surface area contributed by atoms with Crippen LogP contribution in [0.5, 0.6) is 0 Å². The van der Waals surface area contributed by atoms with E-state index in [9.17, 15) is 5.11 Å². The number of hydrogen-bond acceptors (Lipinski definition) is 1. The van der Waals surface area contributed by atoms with Crippen LogP contribution in [0.1, 0.15) is 33.6 Å². The van der Waals surface area contributed by atoms with Gasteiger partial charge in [0, 0.05) is 0 Å². The molecule has 0 saturated heterocycles. The lowest BCUT2D eigenvalue weighted by molar-refractivity contribution is 0.0221. The Kier molecular flexibility index (Phi) is 1.61. The van der Waals surface area contributed by atoms with E-state index in [1.807, 2.05) is 6.92 Å². The highest BCUT2D eigenvalue weighted by atomic mass is 35.5. The Hall–Kier alpha value is 0.250. The molecule has 0 aromatic carbocycles. The van der Waals surface area contributed by atoms with Crippen LogP contribution in [0, 0.1) is 17.3 Å². The Balaban J connectivity index is 2.14. The molecule has 2 saturated carbocycles. The van der Waals surface area contributed by atoms with E-state index >= 15 is 0 Å². The third kappa shape index (κ3) is 1.03. The predicted molar refractivity (Wildman–Crippen MR) is 50.3 cm³/mol. The zero-order valence-electron chi connectivity index (χ0n) is 7.97. The molecule has 0 spiro atoms. The van der Waals surface area contributed by atoms with Gasteiger partial charge in [-0.05, 0) is 37.0 Å². The van der Waals surface area contributed by atoms with Crippen molar-refractivity contribution in [2.45, 2.75) is 44.6 Å². The van der Waals surface area contributed by atoms with E-state index in [0.29, 0.717) is 11.3 Å². The third-order valence-corrected chi connectivity index (χ3v) is 4.71. The number of aliphatic hydroxyl groups is 1. The summed E-state index contributed by atoms with van der Waals surface area (Å²) in [6.45, 7) is 6.44. The van der Waals surface area contributed by atoms with Gasteiger partial charge in [-0.15, -0.1) is 11.6 Å². The lowest BCUT2D eigenvalue weighted by Crippen LogP contribution is -2.39. The summed E-state index contributed by atoms with van der Waals surface area (Å²) in [5.74, 6) is 1.47. The maximum absolute atomic E-state index is 9.94. The highest BCUT2D eigenvalue weighted by molar-refractivity contribution is 6.21. The first-order valence-corrected chi connectivity index (χ1v) is 5.16. The number of alkyl halides is 1. The van der Waals surface area contributed by atoms with E-state index in [0.717, 1.165) is 18.8 Å². The third-order valence-electron chi connectivity index (χ3n) is 4.06. The van der Waals surface area contributed by atoms with Crippen LogP contribution in [0.4, 0.5) is 0 Å². The molecule has 1 N–H and O–H groups in total. The molecule has 2 aliphatic rings. The zero-order valence-corrected chi connectivity index (χ0v) is 8.73. The van der Waals surface area contributed by atoms with Gasteiger partial charge >= 0.3 is 0 Å². The second kappa shape index (κ2) is 2.19. The second-order valence-corrected chi connectivity index (χ2v) is 5.83. The summed E-state index contributed by atoms with van der Waals surface area (Å²) in [4.78, 5) is 0. The van der Waals surface area contributed by atoms with Crippen molar-refractivity contribution in [2.75, 3.05) is 0 Å². The molecule has 2 rings (SSSR count). The van der Waals surface area contributed by atoms with Gasteiger partial charge in [0.25, 0.3) is 0 Å². The Morgan fingerprint density at radius 2 is 1.83 bits per heavy atom. The van der Waals surface area contributed by atoms with E-state index in [-0.39, 0.29) is 5.38 Å². The molecule has 0 aliphatic heterocycles. The second-order valence-electron chi connectivity index (χ2n) is 5.30. The summed E-state index contributed by atoms with van der Waals surface area (Å²) >= 11 is 6.11. The normalized spacial score (nSPS) is 56.2. The molecule has 2 heteroatoms. The van der Waals surface area contributed by atoms with E-state index in [1.54, 1.807) is 0 Å². The van der Waals surface area contributed by atoms with Crippen molar-refractivity contribution in [3.8, 4) is 0 Å². The van der Waals surface area contributed by atoms with Crippen LogP contribution >= 0.6 is 11.6 Å². The van der Waals surface area contributed by atoms with E-state index < -0.39 is 5.60 Å². The van der Waals surface area contributed by atoms with Gasteiger partial charge in [-0.3, -0.25) is 0 Å². The van der Waals surface area contributed by atoms with Crippen molar-refractivity contribution in [3.63, 3.8) is 0 Å². The lowest BCUT2D eigenvalue weighted by Gasteiger charge is -2.32. The monoisotopic (exact) mass is 188 g/mol. The summed E-state index contributed by atoms with van der Waals surface area (Å²) in [5, 5.41) is 9.90. The summed E-state index contributed by atoms with van der Waals surface area (Å²) in [6, 6.07) is 0. The molecular formula is C10H17ClO. The maximum Gasteiger partial charge on any atom is 0.0785 e. The van der Waals surface area contributed by atoms with Crippen molar-refractivity contribution in [3.05, 3.63) is 0 Å². The molecular weight excluding hydrogens is 172 g/mol. The lowest BCUT2D eigenvalue weighted by atomic mass is 9.86. The number of hydrogen-bond donors (Lipinski definition) is 1. The molecule has 2 aliphatic carbocycles. The summed E-state index contributed by atoms with van der Waals surface area (Å²) in [7, 11) is 0. The Bertz CT molecular complexity index is 210. The summed E-state index contributed by atoms with van der Waals surface area (Å²) in [5.41, 5.74) is -0.190. The zero-order chi connectivity index (χ0) is 9.15. The SMILES string of the molecule is CC1(C)[C@@H]2C[C@@H](Cl)[C@@](C)(O)C[C@@H]21. The topological polar surface area (TPSA) is 20.2 Å². The van der Waals surface area contributed by atoms with Crippen LogP contribution in [0.15, 0.2) is 0 Å². The molecule has 0 amide bonds. The summed E-state index contributed by atoms with van der Waals surface area (Å²) in [6.07, 6.45) is 1.88. The van der Waals surface area contributed by atoms with E-state index in [2.05, 4.69) is 13.8 Å². The van der Waals surface area contributed by atoms with Crippen molar-refractivity contribution in [2.24, 2.45) is 17.3 Å². The largest absolute Gasteiger partial charge is 0.389 e. The van der Waals surface area contributed by atoms with Crippen LogP contribution in [-0.4, -0.2) is 16.1 Å². The van der Waals surface area contributed by atoms with Crippen LogP contribution in [0.25, 0.3) is 0 Å². The first-order chi connectivity index (χ1) is 5.36. The standard InChI is InChI=1S/C10H17ClO/c1-9(2)6-4-8(11)10(3,12)5-7(6)9/h6-8,12H,4-5H2,1-3H3/t6-,7+,8-,10+/m1/s1. The van der Waals surface area contributed by atoms with Gasteiger partial charge in [-0.2, -0.15) is 0 Å². The molecule has 2 fully saturated rings. The smallest absolute Gasteiger partial charge is 0.0785 e. The molecule has 0 bridgehead atoms. The highest BCUT2D eigenvalue weighted by Crippen LogP contribution is 2.66. The highest BCUT2D eigenvalue weighted by Gasteiger charge is 2.63. The van der Waals surface area contributed by atoms with Gasteiger partial charge < -0.3 is 5.11 Å². The van der Waals surface area contributed by atoms with Crippen molar-refractivity contribution in [1.29, 1.82) is 0 Å². The molecule has 0 unspecified atom stereocenters. The van der Waals surface area contributed by atoms with Gasteiger partial charge in [0.2, 0.25) is 0 Å². The number of halogens is 1. The summed E-state index contributed by atoms with van der Waals surface area (Å²) < 4.78 is 0. The number of fused-ring (bicyclic) bond motifs is 1. The Morgan fingerprint density at radius 1 is 1.25 bits per heavy atom. The quantitative estimate of drug-likeness (QED) is 0.579. The fourth-order valence-electron chi connectivity index (χ4n) is 2.78. The van der Waals surface area contributed by atoms with Gasteiger partial charge in [0.05, 0.1) is 11.0 Å². The van der Waals surface area contributed by atoms with Crippen LogP contribution in [0.3, 0.4) is 0 Å². The minimum Gasteiger partial charge on any atom is -0.389 e. The molecule has 1 nitrogen and oxygen atoms in total. The van der Waals surface area contributed by atoms with E-state index in [4.69, 9.17) is 11.6 Å². The average Bonchev–Trinajstić information content (AvgIpc) is 2.37. The molecule has 12 heavy (non-hydrogen) atoms. The fraction of sp³-hybridized carbons (Fsp3) is 1.00. The fourth-order valence-corrected chi connectivity index (χ4v) is 3.06. The van der Waals surface area contributed by atoms with Crippen molar-refractivity contribution < 1.29 is 5.11 Å². The van der Waals surface area contributed by atoms with Gasteiger partial charge in [0.15, 0.2) is 0 Å². The molecule has 0 heterocycles. The molecule has 0 aromatic rings. The van der Waals surface area contributed by atoms with Crippen LogP contribution in [-0.2, 0) is 0 Å². The predicted octanol–water partition coefficient (Wildman–Crippen LogP) is 2.41. The van der Waals surface area contributed by atoms with Gasteiger partial charge in [0.1, 0.15) is 0 Å². The average molecular weight is 189 g/mol. The molecule has 0 radical (unpaired) electrons. The van der Waals surface area contributed by atoms with Crippen LogP contribution in [0.2, 0.25) is 0 Å². The maximum atomic E-state index is 9.94. The van der Waals surface area contributed by atoms with Gasteiger partial charge in [-0.25, -0.2) is 0 Å². The van der Waals surface area contributed by atoms with Crippen LogP contribution < -0.4 is 0 Å². The van der Waals surface area contributed by atoms with Crippen molar-refractivity contribution in [1.82, 2.24) is 0 Å². The van der Waals surface area contributed by atoms with E-state index in [1.165, 1.54) is 0 Å². The number of rotatable bonds is 0.